The Morgan fingerprint density at radius 2 is 2.12 bits per heavy atom. The average molecular weight is 349 g/mol. The molecule has 2 heterocycles. The lowest BCUT2D eigenvalue weighted by Gasteiger charge is -2.32. The number of amides is 1. The number of likely N-dealkylation sites (tertiary alicyclic amines) is 1. The van der Waals surface area contributed by atoms with Crippen molar-refractivity contribution in [2.75, 3.05) is 39.3 Å². The number of rotatable bonds is 8. The first-order valence-electron chi connectivity index (χ1n) is 9.31. The molecule has 7 heteroatoms. The molecule has 1 aliphatic heterocycles. The fourth-order valence-electron chi connectivity index (χ4n) is 2.96. The molecule has 1 fully saturated rings. The predicted molar refractivity (Wildman–Crippen MR) is 99.9 cm³/mol. The third kappa shape index (κ3) is 6.78. The smallest absolute Gasteiger partial charge is 0.287 e. The minimum absolute atomic E-state index is 0.207. The van der Waals surface area contributed by atoms with Gasteiger partial charge >= 0.3 is 0 Å². The Kier molecular flexibility index (Phi) is 8.31. The highest BCUT2D eigenvalue weighted by atomic mass is 16.3. The van der Waals surface area contributed by atoms with Crippen LogP contribution in [0.15, 0.2) is 27.8 Å². The molecular weight excluding hydrogens is 318 g/mol. The lowest BCUT2D eigenvalue weighted by Crippen LogP contribution is -2.49. The molecule has 1 aromatic heterocycles. The molecule has 140 valence electrons. The van der Waals surface area contributed by atoms with Gasteiger partial charge in [-0.25, -0.2) is 0 Å². The number of piperidine rings is 1. The number of carbonyl (C=O) groups is 1. The fourth-order valence-corrected chi connectivity index (χ4v) is 2.96. The summed E-state index contributed by atoms with van der Waals surface area (Å²) in [6.07, 6.45) is 4.98. The van der Waals surface area contributed by atoms with Crippen LogP contribution in [-0.4, -0.2) is 62.1 Å². The molecule has 0 atom stereocenters. The molecule has 0 aromatic carbocycles. The van der Waals surface area contributed by atoms with Gasteiger partial charge in [-0.2, -0.15) is 0 Å². The molecule has 2 rings (SSSR count). The van der Waals surface area contributed by atoms with Crippen LogP contribution >= 0.6 is 0 Å². The Balaban J connectivity index is 1.72. The van der Waals surface area contributed by atoms with E-state index in [1.807, 2.05) is 0 Å². The van der Waals surface area contributed by atoms with E-state index in [9.17, 15) is 4.79 Å². The van der Waals surface area contributed by atoms with E-state index in [0.717, 1.165) is 38.4 Å². The van der Waals surface area contributed by atoms with E-state index in [0.29, 0.717) is 24.9 Å². The first-order valence-corrected chi connectivity index (χ1v) is 9.31. The number of nitrogens with one attached hydrogen (secondary N) is 3. The summed E-state index contributed by atoms with van der Waals surface area (Å²) in [5.41, 5.74) is 0. The Morgan fingerprint density at radius 3 is 2.76 bits per heavy atom. The van der Waals surface area contributed by atoms with Crippen molar-refractivity contribution in [1.82, 2.24) is 20.9 Å². The zero-order valence-corrected chi connectivity index (χ0v) is 15.4. The van der Waals surface area contributed by atoms with Crippen LogP contribution in [0.5, 0.6) is 0 Å². The van der Waals surface area contributed by atoms with E-state index in [1.165, 1.54) is 19.2 Å². The molecule has 1 saturated heterocycles. The van der Waals surface area contributed by atoms with Gasteiger partial charge in [0.1, 0.15) is 0 Å². The van der Waals surface area contributed by atoms with Gasteiger partial charge in [0.25, 0.3) is 5.91 Å². The molecule has 7 nitrogen and oxygen atoms in total. The molecule has 1 aromatic rings. The van der Waals surface area contributed by atoms with Crippen LogP contribution in [0.1, 0.15) is 43.7 Å². The summed E-state index contributed by atoms with van der Waals surface area (Å²) in [5.74, 6) is 0.943. The second-order valence-electron chi connectivity index (χ2n) is 6.25. The Labute approximate surface area is 150 Å². The first kappa shape index (κ1) is 19.3. The minimum atomic E-state index is -0.207. The van der Waals surface area contributed by atoms with Crippen molar-refractivity contribution < 1.29 is 9.21 Å². The number of guanidine groups is 1. The maximum absolute atomic E-state index is 11.8. The van der Waals surface area contributed by atoms with Crippen molar-refractivity contribution in [2.24, 2.45) is 4.99 Å². The minimum Gasteiger partial charge on any atom is -0.459 e. The third-order valence-electron chi connectivity index (χ3n) is 4.22. The van der Waals surface area contributed by atoms with E-state index in [1.54, 1.807) is 12.1 Å². The molecular formula is C18H31N5O2. The molecule has 0 unspecified atom stereocenters. The van der Waals surface area contributed by atoms with Crippen molar-refractivity contribution >= 4 is 11.9 Å². The van der Waals surface area contributed by atoms with Gasteiger partial charge in [0.2, 0.25) is 0 Å². The Morgan fingerprint density at radius 1 is 1.32 bits per heavy atom. The van der Waals surface area contributed by atoms with Crippen molar-refractivity contribution in [3.8, 4) is 0 Å². The summed E-state index contributed by atoms with van der Waals surface area (Å²) >= 11 is 0. The maximum atomic E-state index is 11.8. The first-order chi connectivity index (χ1) is 12.2. The topological polar surface area (TPSA) is 81.9 Å². The van der Waals surface area contributed by atoms with Crippen LogP contribution in [-0.2, 0) is 0 Å². The maximum Gasteiger partial charge on any atom is 0.287 e. The number of furan rings is 1. The molecule has 1 amide bonds. The van der Waals surface area contributed by atoms with Crippen LogP contribution in [0.25, 0.3) is 0 Å². The van der Waals surface area contributed by atoms with E-state index in [2.05, 4.69) is 39.7 Å². The quantitative estimate of drug-likeness (QED) is 0.376. The van der Waals surface area contributed by atoms with Gasteiger partial charge in [-0.05, 0) is 44.9 Å². The zero-order valence-electron chi connectivity index (χ0n) is 15.4. The summed E-state index contributed by atoms with van der Waals surface area (Å²) in [6, 6.07) is 3.81. The summed E-state index contributed by atoms with van der Waals surface area (Å²) in [4.78, 5) is 18.9. The number of nitrogens with zero attached hydrogens (tertiary/aromatic N) is 2. The van der Waals surface area contributed by atoms with E-state index in [-0.39, 0.29) is 5.91 Å². The van der Waals surface area contributed by atoms with Crippen LogP contribution in [0.3, 0.4) is 0 Å². The molecule has 0 spiro atoms. The molecule has 0 radical (unpaired) electrons. The standard InChI is InChI=1S/C18H31N5O2/c1-3-11-23-12-7-15(8-13-23)22-18(19-4-2)21-10-9-20-17(24)16-6-5-14-25-16/h5-6,14-15H,3-4,7-13H2,1-2H3,(H,20,24)(H2,19,21,22). The zero-order chi connectivity index (χ0) is 17.9. The lowest BCUT2D eigenvalue weighted by atomic mass is 10.1. The third-order valence-corrected chi connectivity index (χ3v) is 4.22. The highest BCUT2D eigenvalue weighted by molar-refractivity contribution is 5.91. The normalized spacial score (nSPS) is 16.6. The van der Waals surface area contributed by atoms with E-state index >= 15 is 0 Å². The molecule has 25 heavy (non-hydrogen) atoms. The van der Waals surface area contributed by atoms with Gasteiger partial charge in [0.05, 0.1) is 12.8 Å². The molecule has 0 bridgehead atoms. The average Bonchev–Trinajstić information content (AvgIpc) is 3.15. The number of hydrogen-bond acceptors (Lipinski definition) is 4. The monoisotopic (exact) mass is 349 g/mol. The number of aliphatic imine (C=N–C) groups is 1. The van der Waals surface area contributed by atoms with Gasteiger partial charge < -0.3 is 25.3 Å². The number of carbonyl (C=O) groups excluding carboxylic acids is 1. The SMILES string of the molecule is CCCN1CCC(NC(=NCCNC(=O)c2ccco2)NCC)CC1. The summed E-state index contributed by atoms with van der Waals surface area (Å²) in [6.45, 7) is 9.58. The van der Waals surface area contributed by atoms with Crippen LogP contribution in [0, 0.1) is 0 Å². The highest BCUT2D eigenvalue weighted by Gasteiger charge is 2.19. The number of hydrogen-bond donors (Lipinski definition) is 3. The van der Waals surface area contributed by atoms with Crippen LogP contribution < -0.4 is 16.0 Å². The second kappa shape index (κ2) is 10.8. The van der Waals surface area contributed by atoms with Crippen LogP contribution in [0.2, 0.25) is 0 Å². The van der Waals surface area contributed by atoms with Crippen molar-refractivity contribution in [3.05, 3.63) is 24.2 Å². The molecule has 3 N–H and O–H groups in total. The summed E-state index contributed by atoms with van der Waals surface area (Å²) in [7, 11) is 0. The fraction of sp³-hybridized carbons (Fsp3) is 0.667. The van der Waals surface area contributed by atoms with Gasteiger partial charge in [-0.3, -0.25) is 9.79 Å². The van der Waals surface area contributed by atoms with Crippen LogP contribution in [0.4, 0.5) is 0 Å². The van der Waals surface area contributed by atoms with Gasteiger partial charge in [0, 0.05) is 32.2 Å². The Bertz CT molecular complexity index is 522. The largest absolute Gasteiger partial charge is 0.459 e. The lowest BCUT2D eigenvalue weighted by molar-refractivity contribution is 0.0927. The molecule has 1 aliphatic rings. The predicted octanol–water partition coefficient (Wildman–Crippen LogP) is 1.44. The summed E-state index contributed by atoms with van der Waals surface area (Å²) in [5, 5.41) is 9.60. The van der Waals surface area contributed by atoms with Gasteiger partial charge in [-0.1, -0.05) is 6.92 Å². The van der Waals surface area contributed by atoms with Crippen molar-refractivity contribution in [2.45, 2.75) is 39.2 Å². The molecule has 0 aliphatic carbocycles. The van der Waals surface area contributed by atoms with Gasteiger partial charge in [0.15, 0.2) is 11.7 Å². The summed E-state index contributed by atoms with van der Waals surface area (Å²) < 4.78 is 5.06. The van der Waals surface area contributed by atoms with E-state index in [4.69, 9.17) is 4.42 Å². The highest BCUT2D eigenvalue weighted by Crippen LogP contribution is 2.10. The van der Waals surface area contributed by atoms with Gasteiger partial charge in [-0.15, -0.1) is 0 Å². The van der Waals surface area contributed by atoms with Crippen molar-refractivity contribution in [3.63, 3.8) is 0 Å². The van der Waals surface area contributed by atoms with Crippen molar-refractivity contribution in [1.29, 1.82) is 0 Å². The van der Waals surface area contributed by atoms with E-state index < -0.39 is 0 Å². The molecule has 0 saturated carbocycles. The Hall–Kier alpha value is -2.02. The second-order valence-corrected chi connectivity index (χ2v) is 6.25.